The highest BCUT2D eigenvalue weighted by Crippen LogP contribution is 2.06. The van der Waals surface area contributed by atoms with Gasteiger partial charge in [-0.2, -0.15) is 5.10 Å². The average molecular weight is 246 g/mol. The van der Waals surface area contributed by atoms with Gasteiger partial charge in [-0.3, -0.25) is 0 Å². The first-order chi connectivity index (χ1) is 9.12. The molecule has 2 rings (SSSR count). The van der Waals surface area contributed by atoms with Crippen LogP contribution < -0.4 is 0 Å². The number of hydrogen-bond acceptors (Lipinski definition) is 3. The van der Waals surface area contributed by atoms with Gasteiger partial charge in [0.1, 0.15) is 0 Å². The van der Waals surface area contributed by atoms with Crippen LogP contribution in [0, 0.1) is 6.85 Å². The Bertz CT molecular complexity index is 657. The Kier molecular flexibility index (Phi) is 0.875. The van der Waals surface area contributed by atoms with E-state index < -0.39 is 24.8 Å². The van der Waals surface area contributed by atoms with Gasteiger partial charge in [0, 0.05) is 22.6 Å². The zero-order chi connectivity index (χ0) is 15.2. The van der Waals surface area contributed by atoms with E-state index in [2.05, 4.69) is 31.0 Å². The minimum Gasteiger partial charge on any atom is -0.218 e. The van der Waals surface area contributed by atoms with Crippen LogP contribution in [-0.2, 0) is 0 Å². The number of hydrogen-bond donors (Lipinski definition) is 0. The van der Waals surface area contributed by atoms with Crippen molar-refractivity contribution >= 4 is 15.9 Å². The summed E-state index contributed by atoms with van der Waals surface area (Å²) in [5.74, 6) is -0.294. The summed E-state index contributed by atoms with van der Waals surface area (Å²) in [6, 6.07) is -0.561. The highest BCUT2D eigenvalue weighted by atomic mass is 79.9. The van der Waals surface area contributed by atoms with Crippen LogP contribution in [-0.4, -0.2) is 19.7 Å². The van der Waals surface area contributed by atoms with Crippen LogP contribution in [0.2, 0.25) is 0 Å². The molecule has 0 unspecified atom stereocenters. The standard InChI is InChI=1S/C8H7BrN4/c1-6-2-3-13(12-6)8-10-4-7(9)5-11-8/h2-5H,1H3/i1D3,2D,3D,4D,5D. The monoisotopic (exact) mass is 245 g/mol. The van der Waals surface area contributed by atoms with E-state index in [0.29, 0.717) is 0 Å². The minimum absolute atomic E-state index is 0.0714. The smallest absolute Gasteiger partial charge is 0.218 e. The van der Waals surface area contributed by atoms with Gasteiger partial charge in [0.05, 0.1) is 15.6 Å². The molecule has 0 fully saturated rings. The molecule has 0 saturated carbocycles. The average Bonchev–Trinajstić information content (AvgIpc) is 2.62. The van der Waals surface area contributed by atoms with Gasteiger partial charge in [-0.25, -0.2) is 14.6 Å². The second-order valence-electron chi connectivity index (χ2n) is 2.06. The molecule has 66 valence electrons. The fourth-order valence-electron chi connectivity index (χ4n) is 0.694. The van der Waals surface area contributed by atoms with E-state index in [0.717, 1.165) is 4.68 Å². The SMILES string of the molecule is [2H]c1nc(-n2nc(C([2H])([2H])[2H])c([2H])c2[2H])nc([2H])c1Br. The van der Waals surface area contributed by atoms with Gasteiger partial charge >= 0.3 is 0 Å². The molecule has 0 saturated heterocycles. The molecule has 0 spiro atoms. The zero-order valence-corrected chi connectivity index (χ0v) is 7.75. The Hall–Kier alpha value is -1.23. The maximum atomic E-state index is 7.68. The van der Waals surface area contributed by atoms with Crippen LogP contribution in [0.3, 0.4) is 0 Å². The molecule has 0 N–H and O–H groups in total. The zero-order valence-electron chi connectivity index (χ0n) is 13.2. The predicted octanol–water partition coefficient (Wildman–Crippen LogP) is 1.73. The maximum absolute atomic E-state index is 7.68. The van der Waals surface area contributed by atoms with Crippen LogP contribution in [0.25, 0.3) is 5.95 Å². The lowest BCUT2D eigenvalue weighted by molar-refractivity contribution is 0.795. The van der Waals surface area contributed by atoms with Crippen LogP contribution in [0.5, 0.6) is 0 Å². The third-order valence-corrected chi connectivity index (χ3v) is 1.53. The maximum Gasteiger partial charge on any atom is 0.250 e. The van der Waals surface area contributed by atoms with Crippen molar-refractivity contribution in [2.45, 2.75) is 6.85 Å². The van der Waals surface area contributed by atoms with Gasteiger partial charge in [0.15, 0.2) is 0 Å². The molecule has 0 aliphatic rings. The molecule has 2 heterocycles. The van der Waals surface area contributed by atoms with E-state index in [-0.39, 0.29) is 22.8 Å². The molecule has 0 atom stereocenters. The van der Waals surface area contributed by atoms with Crippen LogP contribution in [0.4, 0.5) is 0 Å². The predicted molar refractivity (Wildman–Crippen MR) is 51.6 cm³/mol. The van der Waals surface area contributed by atoms with E-state index in [4.69, 9.17) is 9.60 Å². The van der Waals surface area contributed by atoms with Crippen LogP contribution in [0.1, 0.15) is 15.3 Å². The van der Waals surface area contributed by atoms with Crippen molar-refractivity contribution in [3.63, 3.8) is 0 Å². The molecular formula is C8H7BrN4. The topological polar surface area (TPSA) is 43.6 Å². The number of aromatic nitrogens is 4. The van der Waals surface area contributed by atoms with Gasteiger partial charge in [-0.05, 0) is 28.8 Å². The molecule has 2 aromatic heterocycles. The second kappa shape index (κ2) is 3.26. The van der Waals surface area contributed by atoms with E-state index >= 15 is 0 Å². The van der Waals surface area contributed by atoms with Gasteiger partial charge in [0.2, 0.25) is 0 Å². The highest BCUT2D eigenvalue weighted by Gasteiger charge is 1.99. The summed E-state index contributed by atoms with van der Waals surface area (Å²) in [6.45, 7) is -2.64. The lowest BCUT2D eigenvalue weighted by Gasteiger charge is -1.97. The summed E-state index contributed by atoms with van der Waals surface area (Å²) in [4.78, 5) is 7.41. The van der Waals surface area contributed by atoms with Crippen molar-refractivity contribution in [2.24, 2.45) is 0 Å². The fourth-order valence-corrected chi connectivity index (χ4v) is 0.871. The Morgan fingerprint density at radius 3 is 2.92 bits per heavy atom. The second-order valence-corrected chi connectivity index (χ2v) is 2.85. The van der Waals surface area contributed by atoms with Crippen molar-refractivity contribution in [1.29, 1.82) is 0 Å². The minimum atomic E-state index is -2.64. The Balaban J connectivity index is 2.66. The van der Waals surface area contributed by atoms with Gasteiger partial charge < -0.3 is 0 Å². The first kappa shape index (κ1) is 3.49. The van der Waals surface area contributed by atoms with Crippen molar-refractivity contribution in [2.75, 3.05) is 0 Å². The normalized spacial score (nSPS) is 19.0. The van der Waals surface area contributed by atoms with E-state index in [1.807, 2.05) is 0 Å². The molecule has 0 aliphatic carbocycles. The molecule has 0 aliphatic heterocycles. The van der Waals surface area contributed by atoms with E-state index in [1.54, 1.807) is 0 Å². The summed E-state index contributed by atoms with van der Waals surface area (Å²) in [6.07, 6.45) is -1.11. The van der Waals surface area contributed by atoms with Crippen LogP contribution in [0.15, 0.2) is 29.0 Å². The molecule has 5 heteroatoms. The molecule has 2 aromatic rings. The van der Waals surface area contributed by atoms with Gasteiger partial charge in [-0.15, -0.1) is 0 Å². The molecular weight excluding hydrogens is 232 g/mol. The summed E-state index contributed by atoms with van der Waals surface area (Å²) < 4.78 is 52.8. The molecule has 13 heavy (non-hydrogen) atoms. The van der Waals surface area contributed by atoms with E-state index in [9.17, 15) is 0 Å². The summed E-state index contributed by atoms with van der Waals surface area (Å²) in [7, 11) is 0. The Labute approximate surface area is 93.6 Å². The first-order valence-corrected chi connectivity index (χ1v) is 4.00. The Morgan fingerprint density at radius 2 is 2.31 bits per heavy atom. The molecule has 0 bridgehead atoms. The highest BCUT2D eigenvalue weighted by molar-refractivity contribution is 9.10. The Morgan fingerprint density at radius 1 is 1.54 bits per heavy atom. The van der Waals surface area contributed by atoms with Crippen molar-refractivity contribution < 1.29 is 9.60 Å². The van der Waals surface area contributed by atoms with Crippen molar-refractivity contribution in [3.05, 3.63) is 34.7 Å². The van der Waals surface area contributed by atoms with Crippen molar-refractivity contribution in [1.82, 2.24) is 19.7 Å². The summed E-state index contributed by atoms with van der Waals surface area (Å²) in [5, 5.41) is 3.63. The largest absolute Gasteiger partial charge is 0.250 e. The molecule has 0 aromatic carbocycles. The summed E-state index contributed by atoms with van der Waals surface area (Å²) in [5.41, 5.74) is -0.549. The van der Waals surface area contributed by atoms with Gasteiger partial charge in [-0.1, -0.05) is 0 Å². The quantitative estimate of drug-likeness (QED) is 0.769. The van der Waals surface area contributed by atoms with Crippen molar-refractivity contribution in [3.8, 4) is 5.95 Å². The molecule has 4 nitrogen and oxygen atoms in total. The number of halogens is 1. The lowest BCUT2D eigenvalue weighted by Crippen LogP contribution is -2.00. The fraction of sp³-hybridized carbons (Fsp3) is 0.125. The first-order valence-electron chi connectivity index (χ1n) is 6.70. The number of rotatable bonds is 1. The lowest BCUT2D eigenvalue weighted by atomic mass is 10.5. The third-order valence-electron chi connectivity index (χ3n) is 1.18. The number of nitrogens with zero attached hydrogens (tertiary/aromatic N) is 4. The van der Waals surface area contributed by atoms with E-state index in [1.165, 1.54) is 0 Å². The molecule has 0 amide bonds. The molecule has 0 radical (unpaired) electrons. The van der Waals surface area contributed by atoms with Crippen LogP contribution >= 0.6 is 15.9 Å². The third kappa shape index (κ3) is 1.75. The van der Waals surface area contributed by atoms with Gasteiger partial charge in [0.25, 0.3) is 5.95 Å². The number of aryl methyl sites for hydroxylation is 1. The summed E-state index contributed by atoms with van der Waals surface area (Å²) >= 11 is 2.95.